The zero-order valence-electron chi connectivity index (χ0n) is 17.1. The first-order chi connectivity index (χ1) is 13.6. The van der Waals surface area contributed by atoms with E-state index < -0.39 is 22.6 Å². The summed E-state index contributed by atoms with van der Waals surface area (Å²) in [6.45, 7) is 5.49. The van der Waals surface area contributed by atoms with Crippen LogP contribution in [0.2, 0.25) is 0 Å². The minimum atomic E-state index is -0.647. The summed E-state index contributed by atoms with van der Waals surface area (Å²) in [7, 11) is 0. The van der Waals surface area contributed by atoms with Crippen molar-refractivity contribution >= 4 is 40.0 Å². The SMILES string of the molecule is CC12CCC(C(=O)N(CC(=O)Nc3sc4c(c3C(N)=O)CCCC4)C1=O)C2(C)C. The van der Waals surface area contributed by atoms with E-state index in [-0.39, 0.29) is 24.3 Å². The fourth-order valence-corrected chi connectivity index (χ4v) is 6.59. The number of amides is 4. The van der Waals surface area contributed by atoms with Crippen molar-refractivity contribution in [1.82, 2.24) is 4.90 Å². The molecule has 1 aromatic heterocycles. The Morgan fingerprint density at radius 3 is 2.59 bits per heavy atom. The van der Waals surface area contributed by atoms with Gasteiger partial charge in [0.05, 0.1) is 11.0 Å². The lowest BCUT2D eigenvalue weighted by atomic mass is 9.62. The van der Waals surface area contributed by atoms with Gasteiger partial charge < -0.3 is 11.1 Å². The van der Waals surface area contributed by atoms with Crippen LogP contribution in [0.1, 0.15) is 67.3 Å². The van der Waals surface area contributed by atoms with Gasteiger partial charge in [0.15, 0.2) is 0 Å². The topological polar surface area (TPSA) is 110 Å². The molecule has 2 bridgehead atoms. The lowest BCUT2D eigenvalue weighted by Gasteiger charge is -2.47. The number of carbonyl (C=O) groups is 4. The Morgan fingerprint density at radius 1 is 1.21 bits per heavy atom. The molecule has 2 heterocycles. The van der Waals surface area contributed by atoms with Gasteiger partial charge in [-0.15, -0.1) is 11.3 Å². The van der Waals surface area contributed by atoms with Gasteiger partial charge in [-0.25, -0.2) is 0 Å². The predicted molar refractivity (Wildman–Crippen MR) is 109 cm³/mol. The number of primary amides is 1. The average molecular weight is 418 g/mol. The molecule has 156 valence electrons. The molecule has 7 nitrogen and oxygen atoms in total. The minimum Gasteiger partial charge on any atom is -0.365 e. The number of piperidine rings is 1. The number of carbonyl (C=O) groups excluding carboxylic acids is 4. The molecule has 1 aliphatic heterocycles. The van der Waals surface area contributed by atoms with Gasteiger partial charge in [0.2, 0.25) is 17.7 Å². The third-order valence-electron chi connectivity index (χ3n) is 7.48. The Bertz CT molecular complexity index is 935. The molecule has 2 aliphatic carbocycles. The number of imide groups is 1. The third-order valence-corrected chi connectivity index (χ3v) is 8.69. The number of anilines is 1. The van der Waals surface area contributed by atoms with Gasteiger partial charge in [-0.2, -0.15) is 0 Å². The minimum absolute atomic E-state index is 0.256. The molecule has 2 unspecified atom stereocenters. The second-order valence-corrected chi connectivity index (χ2v) is 10.3. The number of hydrogen-bond acceptors (Lipinski definition) is 5. The maximum absolute atomic E-state index is 13.1. The van der Waals surface area contributed by atoms with Crippen LogP contribution in [0.15, 0.2) is 0 Å². The molecule has 4 rings (SSSR count). The van der Waals surface area contributed by atoms with Crippen LogP contribution < -0.4 is 11.1 Å². The Kier molecular flexibility index (Phi) is 4.60. The summed E-state index contributed by atoms with van der Waals surface area (Å²) < 4.78 is 0. The number of fused-ring (bicyclic) bond motifs is 3. The van der Waals surface area contributed by atoms with E-state index in [4.69, 9.17) is 5.73 Å². The Hall–Kier alpha value is -2.22. The molecule has 0 aromatic carbocycles. The Labute approximate surface area is 174 Å². The summed E-state index contributed by atoms with van der Waals surface area (Å²) >= 11 is 1.37. The number of rotatable bonds is 4. The van der Waals surface area contributed by atoms with Crippen LogP contribution in [0.3, 0.4) is 0 Å². The zero-order chi connectivity index (χ0) is 21.1. The maximum Gasteiger partial charge on any atom is 0.251 e. The fourth-order valence-electron chi connectivity index (χ4n) is 5.28. The lowest BCUT2D eigenvalue weighted by Crippen LogP contribution is -2.60. The highest BCUT2D eigenvalue weighted by atomic mass is 32.1. The van der Waals surface area contributed by atoms with E-state index >= 15 is 0 Å². The van der Waals surface area contributed by atoms with Crippen LogP contribution in [0.4, 0.5) is 5.00 Å². The summed E-state index contributed by atoms with van der Waals surface area (Å²) in [6.07, 6.45) is 4.99. The van der Waals surface area contributed by atoms with E-state index in [1.807, 2.05) is 20.8 Å². The number of likely N-dealkylation sites (tertiary alicyclic amines) is 1. The smallest absolute Gasteiger partial charge is 0.251 e. The van der Waals surface area contributed by atoms with Crippen molar-refractivity contribution in [1.29, 1.82) is 0 Å². The number of nitrogens with zero attached hydrogens (tertiary/aromatic N) is 1. The van der Waals surface area contributed by atoms with Crippen molar-refractivity contribution in [2.24, 2.45) is 22.5 Å². The molecule has 1 saturated carbocycles. The van der Waals surface area contributed by atoms with Gasteiger partial charge in [-0.1, -0.05) is 20.8 Å². The van der Waals surface area contributed by atoms with Gasteiger partial charge in [0.1, 0.15) is 11.5 Å². The van der Waals surface area contributed by atoms with Crippen LogP contribution in [-0.2, 0) is 27.2 Å². The fraction of sp³-hybridized carbons (Fsp3) is 0.619. The summed E-state index contributed by atoms with van der Waals surface area (Å²) in [5.41, 5.74) is 5.82. The van der Waals surface area contributed by atoms with Crippen molar-refractivity contribution in [2.75, 3.05) is 11.9 Å². The largest absolute Gasteiger partial charge is 0.365 e. The van der Waals surface area contributed by atoms with E-state index in [0.717, 1.165) is 41.0 Å². The molecule has 1 saturated heterocycles. The summed E-state index contributed by atoms with van der Waals surface area (Å²) in [4.78, 5) is 53.0. The third kappa shape index (κ3) is 2.83. The van der Waals surface area contributed by atoms with Crippen molar-refractivity contribution in [3.8, 4) is 0 Å². The highest BCUT2D eigenvalue weighted by Gasteiger charge is 2.64. The van der Waals surface area contributed by atoms with E-state index in [1.165, 1.54) is 11.3 Å². The lowest BCUT2D eigenvalue weighted by molar-refractivity contribution is -0.168. The van der Waals surface area contributed by atoms with Crippen LogP contribution in [-0.4, -0.2) is 35.1 Å². The van der Waals surface area contributed by atoms with Gasteiger partial charge in [0, 0.05) is 10.8 Å². The van der Waals surface area contributed by atoms with Crippen LogP contribution in [0.25, 0.3) is 0 Å². The molecular weight excluding hydrogens is 390 g/mol. The number of thiophene rings is 1. The summed E-state index contributed by atoms with van der Waals surface area (Å²) in [5.74, 6) is -1.84. The van der Waals surface area contributed by atoms with Gasteiger partial charge in [0.25, 0.3) is 5.91 Å². The van der Waals surface area contributed by atoms with Crippen molar-refractivity contribution in [3.63, 3.8) is 0 Å². The number of nitrogens with two attached hydrogens (primary N) is 1. The molecule has 8 heteroatoms. The molecule has 2 atom stereocenters. The second kappa shape index (κ2) is 6.65. The van der Waals surface area contributed by atoms with Crippen molar-refractivity contribution in [2.45, 2.75) is 59.3 Å². The van der Waals surface area contributed by atoms with Crippen molar-refractivity contribution in [3.05, 3.63) is 16.0 Å². The highest BCUT2D eigenvalue weighted by molar-refractivity contribution is 7.17. The summed E-state index contributed by atoms with van der Waals surface area (Å²) in [6, 6.07) is 0. The first kappa shape index (κ1) is 20.1. The molecule has 0 radical (unpaired) electrons. The van der Waals surface area contributed by atoms with Gasteiger partial charge >= 0.3 is 0 Å². The standard InChI is InChI=1S/C21H27N3O4S/c1-20(2)12-8-9-21(20,3)19(28)24(18(12)27)10-14(25)23-17-15(16(22)26)11-6-4-5-7-13(11)29-17/h12H,4-10H2,1-3H3,(H2,22,26)(H,23,25). The number of aryl methyl sites for hydroxylation is 1. The van der Waals surface area contributed by atoms with Crippen LogP contribution >= 0.6 is 11.3 Å². The molecule has 0 spiro atoms. The van der Waals surface area contributed by atoms with E-state index in [2.05, 4.69) is 5.32 Å². The first-order valence-electron chi connectivity index (χ1n) is 10.2. The average Bonchev–Trinajstić information content (AvgIpc) is 3.10. The Morgan fingerprint density at radius 2 is 1.90 bits per heavy atom. The van der Waals surface area contributed by atoms with Crippen LogP contribution in [0.5, 0.6) is 0 Å². The normalized spacial score (nSPS) is 27.7. The number of nitrogens with one attached hydrogen (secondary N) is 1. The van der Waals surface area contributed by atoms with Crippen LogP contribution in [0, 0.1) is 16.7 Å². The molecule has 3 N–H and O–H groups in total. The molecular formula is C21H27N3O4S. The van der Waals surface area contributed by atoms with E-state index in [9.17, 15) is 19.2 Å². The molecule has 2 fully saturated rings. The van der Waals surface area contributed by atoms with Gasteiger partial charge in [-0.3, -0.25) is 24.1 Å². The quantitative estimate of drug-likeness (QED) is 0.733. The van der Waals surface area contributed by atoms with E-state index in [0.29, 0.717) is 23.4 Å². The highest BCUT2D eigenvalue weighted by Crippen LogP contribution is 2.60. The number of hydrogen-bond donors (Lipinski definition) is 2. The van der Waals surface area contributed by atoms with Crippen molar-refractivity contribution < 1.29 is 19.2 Å². The molecule has 3 aliphatic rings. The molecule has 4 amide bonds. The molecule has 29 heavy (non-hydrogen) atoms. The Balaban J connectivity index is 1.56. The summed E-state index contributed by atoms with van der Waals surface area (Å²) in [5, 5.41) is 3.18. The second-order valence-electron chi connectivity index (χ2n) is 9.20. The first-order valence-corrected chi connectivity index (χ1v) is 11.0. The maximum atomic E-state index is 13.1. The zero-order valence-corrected chi connectivity index (χ0v) is 17.9. The monoisotopic (exact) mass is 417 g/mol. The van der Waals surface area contributed by atoms with Gasteiger partial charge in [-0.05, 0) is 49.5 Å². The predicted octanol–water partition coefficient (Wildman–Crippen LogP) is 2.48. The van der Waals surface area contributed by atoms with E-state index in [1.54, 1.807) is 0 Å². The molecule has 1 aromatic rings.